The van der Waals surface area contributed by atoms with Gasteiger partial charge in [0, 0.05) is 38.6 Å². The number of imidazole rings is 1. The third-order valence-corrected chi connectivity index (χ3v) is 2.83. The zero-order chi connectivity index (χ0) is 10.9. The highest BCUT2D eigenvalue weighted by atomic mass is 16.3. The molecule has 2 rings (SSSR count). The van der Waals surface area contributed by atoms with Gasteiger partial charge in [-0.25, -0.2) is 4.98 Å². The van der Waals surface area contributed by atoms with Crippen molar-refractivity contribution < 1.29 is 5.11 Å². The Kier molecular flexibility index (Phi) is 2.77. The second kappa shape index (κ2) is 3.92. The molecule has 1 aromatic heterocycles. The van der Waals surface area contributed by atoms with Crippen LogP contribution in [-0.4, -0.2) is 44.8 Å². The molecule has 0 aromatic carbocycles. The summed E-state index contributed by atoms with van der Waals surface area (Å²) >= 11 is 0. The number of hydrogen-bond donors (Lipinski definition) is 2. The van der Waals surface area contributed by atoms with Gasteiger partial charge in [0.15, 0.2) is 0 Å². The SMILES string of the molecule is CC(O)(CN)CN1CCn2ccnc2C1. The lowest BCUT2D eigenvalue weighted by Crippen LogP contribution is -2.48. The zero-order valence-electron chi connectivity index (χ0n) is 9.06. The summed E-state index contributed by atoms with van der Waals surface area (Å²) < 4.78 is 2.15. The highest BCUT2D eigenvalue weighted by Crippen LogP contribution is 2.13. The topological polar surface area (TPSA) is 67.3 Å². The first-order valence-corrected chi connectivity index (χ1v) is 5.25. The van der Waals surface area contributed by atoms with Crippen LogP contribution in [0.4, 0.5) is 0 Å². The summed E-state index contributed by atoms with van der Waals surface area (Å²) in [4.78, 5) is 6.46. The van der Waals surface area contributed by atoms with Crippen LogP contribution < -0.4 is 5.73 Å². The Hall–Kier alpha value is -0.910. The molecule has 0 aliphatic carbocycles. The van der Waals surface area contributed by atoms with E-state index >= 15 is 0 Å². The number of β-amino-alcohol motifs (C(OH)–C–C–N with tert-alkyl or cyclic N) is 1. The van der Waals surface area contributed by atoms with Gasteiger partial charge in [0.2, 0.25) is 0 Å². The molecule has 3 N–H and O–H groups in total. The standard InChI is InChI=1S/C10H18N4O/c1-10(15,7-11)8-13-4-5-14-3-2-12-9(14)6-13/h2-3,15H,4-8,11H2,1H3. The smallest absolute Gasteiger partial charge is 0.122 e. The molecule has 0 saturated carbocycles. The summed E-state index contributed by atoms with van der Waals surface area (Å²) in [6, 6.07) is 0. The summed E-state index contributed by atoms with van der Waals surface area (Å²) in [5.41, 5.74) is 4.70. The Bertz CT molecular complexity index is 334. The largest absolute Gasteiger partial charge is 0.388 e. The van der Waals surface area contributed by atoms with Gasteiger partial charge >= 0.3 is 0 Å². The van der Waals surface area contributed by atoms with Gasteiger partial charge in [0.05, 0.1) is 12.1 Å². The molecule has 0 saturated heterocycles. The van der Waals surface area contributed by atoms with E-state index in [-0.39, 0.29) is 6.54 Å². The van der Waals surface area contributed by atoms with Crippen LogP contribution in [0.1, 0.15) is 12.7 Å². The fourth-order valence-corrected chi connectivity index (χ4v) is 1.90. The maximum atomic E-state index is 9.88. The molecule has 0 fully saturated rings. The van der Waals surface area contributed by atoms with Crippen molar-refractivity contribution in [2.45, 2.75) is 25.6 Å². The van der Waals surface area contributed by atoms with Crippen molar-refractivity contribution in [3.05, 3.63) is 18.2 Å². The quantitative estimate of drug-likeness (QED) is 0.699. The zero-order valence-corrected chi connectivity index (χ0v) is 9.06. The van der Waals surface area contributed by atoms with Crippen molar-refractivity contribution >= 4 is 0 Å². The van der Waals surface area contributed by atoms with Crippen LogP contribution in [0.5, 0.6) is 0 Å². The highest BCUT2D eigenvalue weighted by Gasteiger charge is 2.25. The minimum Gasteiger partial charge on any atom is -0.388 e. The maximum absolute atomic E-state index is 9.88. The monoisotopic (exact) mass is 210 g/mol. The lowest BCUT2D eigenvalue weighted by atomic mass is 10.1. The minimum atomic E-state index is -0.797. The van der Waals surface area contributed by atoms with E-state index in [1.165, 1.54) is 0 Å². The molecule has 5 nitrogen and oxygen atoms in total. The average molecular weight is 210 g/mol. The predicted molar refractivity (Wildman–Crippen MR) is 57.2 cm³/mol. The number of hydrogen-bond acceptors (Lipinski definition) is 4. The average Bonchev–Trinajstić information content (AvgIpc) is 2.64. The van der Waals surface area contributed by atoms with E-state index in [2.05, 4.69) is 14.5 Å². The predicted octanol–water partition coefficient (Wildman–Crippen LogP) is -0.592. The van der Waals surface area contributed by atoms with Crippen molar-refractivity contribution in [3.8, 4) is 0 Å². The Labute approximate surface area is 89.5 Å². The molecule has 2 heterocycles. The molecule has 1 unspecified atom stereocenters. The van der Waals surface area contributed by atoms with Gasteiger partial charge in [-0.05, 0) is 6.92 Å². The fourth-order valence-electron chi connectivity index (χ4n) is 1.90. The molecular formula is C10H18N4O. The fraction of sp³-hybridized carbons (Fsp3) is 0.700. The van der Waals surface area contributed by atoms with E-state index in [1.807, 2.05) is 12.4 Å². The molecule has 15 heavy (non-hydrogen) atoms. The summed E-state index contributed by atoms with van der Waals surface area (Å²) in [5.74, 6) is 1.06. The van der Waals surface area contributed by atoms with Crippen molar-refractivity contribution in [3.63, 3.8) is 0 Å². The van der Waals surface area contributed by atoms with Gasteiger partial charge in [-0.15, -0.1) is 0 Å². The molecule has 1 aliphatic heterocycles. The molecule has 0 bridgehead atoms. The van der Waals surface area contributed by atoms with Gasteiger partial charge in [-0.2, -0.15) is 0 Å². The third kappa shape index (κ3) is 2.37. The van der Waals surface area contributed by atoms with Crippen LogP contribution in [0.2, 0.25) is 0 Å². The Balaban J connectivity index is 1.98. The van der Waals surface area contributed by atoms with Crippen molar-refractivity contribution in [2.24, 2.45) is 5.73 Å². The van der Waals surface area contributed by atoms with Crippen LogP contribution in [0.25, 0.3) is 0 Å². The van der Waals surface area contributed by atoms with E-state index in [4.69, 9.17) is 5.73 Å². The van der Waals surface area contributed by atoms with Gasteiger partial charge in [0.1, 0.15) is 5.82 Å². The van der Waals surface area contributed by atoms with Crippen LogP contribution in [0, 0.1) is 0 Å². The number of aliphatic hydroxyl groups is 1. The lowest BCUT2D eigenvalue weighted by Gasteiger charge is -2.33. The lowest BCUT2D eigenvalue weighted by molar-refractivity contribution is 0.0186. The van der Waals surface area contributed by atoms with Crippen molar-refractivity contribution in [1.29, 1.82) is 0 Å². The number of rotatable bonds is 3. The number of fused-ring (bicyclic) bond motifs is 1. The number of nitrogens with two attached hydrogens (primary N) is 1. The minimum absolute atomic E-state index is 0.290. The maximum Gasteiger partial charge on any atom is 0.122 e. The van der Waals surface area contributed by atoms with E-state index in [0.717, 1.165) is 25.5 Å². The Morgan fingerprint density at radius 1 is 1.60 bits per heavy atom. The first-order chi connectivity index (χ1) is 7.11. The first kappa shape index (κ1) is 10.6. The molecular weight excluding hydrogens is 192 g/mol. The van der Waals surface area contributed by atoms with E-state index in [0.29, 0.717) is 6.54 Å². The highest BCUT2D eigenvalue weighted by molar-refractivity contribution is 4.96. The summed E-state index contributed by atoms with van der Waals surface area (Å²) in [7, 11) is 0. The van der Waals surface area contributed by atoms with E-state index in [9.17, 15) is 5.11 Å². The van der Waals surface area contributed by atoms with Gasteiger partial charge in [-0.1, -0.05) is 0 Å². The molecule has 0 radical (unpaired) electrons. The third-order valence-electron chi connectivity index (χ3n) is 2.83. The van der Waals surface area contributed by atoms with Crippen LogP contribution >= 0.6 is 0 Å². The van der Waals surface area contributed by atoms with Crippen LogP contribution in [0.15, 0.2) is 12.4 Å². The van der Waals surface area contributed by atoms with Crippen LogP contribution in [0.3, 0.4) is 0 Å². The number of nitrogens with zero attached hydrogens (tertiary/aromatic N) is 3. The molecule has 84 valence electrons. The molecule has 1 aliphatic rings. The first-order valence-electron chi connectivity index (χ1n) is 5.25. The normalized spacial score (nSPS) is 21.0. The van der Waals surface area contributed by atoms with Gasteiger partial charge < -0.3 is 15.4 Å². The second-order valence-corrected chi connectivity index (χ2v) is 4.45. The van der Waals surface area contributed by atoms with E-state index < -0.39 is 5.60 Å². The van der Waals surface area contributed by atoms with Crippen molar-refractivity contribution in [1.82, 2.24) is 14.5 Å². The molecule has 5 heteroatoms. The molecule has 1 aromatic rings. The van der Waals surface area contributed by atoms with Crippen LogP contribution in [-0.2, 0) is 13.1 Å². The van der Waals surface area contributed by atoms with Gasteiger partial charge in [0.25, 0.3) is 0 Å². The second-order valence-electron chi connectivity index (χ2n) is 4.45. The van der Waals surface area contributed by atoms with Gasteiger partial charge in [-0.3, -0.25) is 4.90 Å². The summed E-state index contributed by atoms with van der Waals surface area (Å²) in [6.07, 6.45) is 3.81. The summed E-state index contributed by atoms with van der Waals surface area (Å²) in [6.45, 7) is 5.35. The molecule has 0 spiro atoms. The van der Waals surface area contributed by atoms with E-state index in [1.54, 1.807) is 6.92 Å². The summed E-state index contributed by atoms with van der Waals surface area (Å²) in [5, 5.41) is 9.88. The Morgan fingerprint density at radius 3 is 3.13 bits per heavy atom. The Morgan fingerprint density at radius 2 is 2.40 bits per heavy atom. The molecule has 1 atom stereocenters. The van der Waals surface area contributed by atoms with Crippen molar-refractivity contribution in [2.75, 3.05) is 19.6 Å². The number of aromatic nitrogens is 2. The molecule has 0 amide bonds.